The second kappa shape index (κ2) is 6.89. The van der Waals surface area contributed by atoms with Gasteiger partial charge in [0.05, 0.1) is 6.04 Å². The molecule has 0 aromatic rings. The van der Waals surface area contributed by atoms with Gasteiger partial charge in [-0.1, -0.05) is 0 Å². The van der Waals surface area contributed by atoms with Gasteiger partial charge < -0.3 is 15.1 Å². The summed E-state index contributed by atoms with van der Waals surface area (Å²) in [5, 5.41) is 3.07. The summed E-state index contributed by atoms with van der Waals surface area (Å²) in [5.74, 6) is 0.240. The number of hydrogen-bond donors (Lipinski definition) is 1. The first kappa shape index (κ1) is 16.9. The molecule has 2 saturated heterocycles. The fourth-order valence-corrected chi connectivity index (χ4v) is 4.23. The summed E-state index contributed by atoms with van der Waals surface area (Å²) >= 11 is 1.85. The molecule has 3 amide bonds. The minimum Gasteiger partial charge on any atom is -0.338 e. The lowest BCUT2D eigenvalue weighted by Gasteiger charge is -2.37. The van der Waals surface area contributed by atoms with Gasteiger partial charge in [-0.25, -0.2) is 4.79 Å². The standard InChI is InChI=1S/C16H28N4O2S/c1-18-7-3-4-13(18)14(21)19-8-10-20(11-9-19)15(22)17-12-16(23-2)5-6-16/h13H,3-12H2,1-2H3,(H,17,22)/t13-/m0/s1. The van der Waals surface area contributed by atoms with Crippen molar-refractivity contribution in [2.24, 2.45) is 0 Å². The highest BCUT2D eigenvalue weighted by Gasteiger charge is 2.42. The Morgan fingerprint density at radius 3 is 2.30 bits per heavy atom. The molecule has 23 heavy (non-hydrogen) atoms. The fraction of sp³-hybridized carbons (Fsp3) is 0.875. The number of likely N-dealkylation sites (tertiary alicyclic amines) is 1. The van der Waals surface area contributed by atoms with Crippen LogP contribution in [0.25, 0.3) is 0 Å². The molecule has 1 atom stereocenters. The highest BCUT2D eigenvalue weighted by atomic mass is 32.2. The van der Waals surface area contributed by atoms with Crippen LogP contribution < -0.4 is 5.32 Å². The average molecular weight is 340 g/mol. The number of nitrogens with one attached hydrogen (secondary N) is 1. The maximum Gasteiger partial charge on any atom is 0.317 e. The molecular formula is C16H28N4O2S. The third kappa shape index (κ3) is 3.76. The van der Waals surface area contributed by atoms with Crippen LogP contribution in [-0.2, 0) is 4.79 Å². The molecule has 1 saturated carbocycles. The van der Waals surface area contributed by atoms with Crippen molar-refractivity contribution in [3.63, 3.8) is 0 Å². The Kier molecular flexibility index (Phi) is 5.06. The van der Waals surface area contributed by atoms with E-state index in [1.54, 1.807) is 0 Å². The largest absolute Gasteiger partial charge is 0.338 e. The summed E-state index contributed by atoms with van der Waals surface area (Å²) < 4.78 is 0.292. The quantitative estimate of drug-likeness (QED) is 0.824. The number of carbonyl (C=O) groups is 2. The molecule has 6 nitrogen and oxygen atoms in total. The first-order valence-electron chi connectivity index (χ1n) is 8.62. The monoisotopic (exact) mass is 340 g/mol. The minimum atomic E-state index is 0.0235. The van der Waals surface area contributed by atoms with Gasteiger partial charge in [-0.3, -0.25) is 9.69 Å². The van der Waals surface area contributed by atoms with Gasteiger partial charge in [-0.15, -0.1) is 0 Å². The van der Waals surface area contributed by atoms with Crippen LogP contribution in [0.4, 0.5) is 4.79 Å². The summed E-state index contributed by atoms with van der Waals surface area (Å²) in [5.41, 5.74) is 0. The van der Waals surface area contributed by atoms with E-state index in [0.717, 1.165) is 25.9 Å². The molecular weight excluding hydrogens is 312 g/mol. The van der Waals surface area contributed by atoms with E-state index in [0.29, 0.717) is 30.9 Å². The van der Waals surface area contributed by atoms with Crippen LogP contribution in [-0.4, -0.2) is 90.0 Å². The number of urea groups is 1. The van der Waals surface area contributed by atoms with Crippen molar-refractivity contribution in [1.29, 1.82) is 0 Å². The van der Waals surface area contributed by atoms with Gasteiger partial charge in [0, 0.05) is 37.5 Å². The predicted molar refractivity (Wildman–Crippen MR) is 92.7 cm³/mol. The molecule has 1 aliphatic carbocycles. The molecule has 2 aliphatic heterocycles. The predicted octanol–water partition coefficient (Wildman–Crippen LogP) is 0.830. The summed E-state index contributed by atoms with van der Waals surface area (Å²) in [7, 11) is 2.03. The highest BCUT2D eigenvalue weighted by Crippen LogP contribution is 2.46. The molecule has 3 aliphatic rings. The number of amides is 3. The Hall–Kier alpha value is -0.950. The first-order valence-corrected chi connectivity index (χ1v) is 9.84. The second-order valence-corrected chi connectivity index (χ2v) is 8.27. The number of likely N-dealkylation sites (N-methyl/N-ethyl adjacent to an activating group) is 1. The molecule has 0 bridgehead atoms. The third-order valence-corrected chi connectivity index (χ3v) is 6.91. The third-order valence-electron chi connectivity index (χ3n) is 5.49. The maximum absolute atomic E-state index is 12.6. The van der Waals surface area contributed by atoms with E-state index in [4.69, 9.17) is 0 Å². The summed E-state index contributed by atoms with van der Waals surface area (Å²) in [6, 6.07) is 0.0714. The second-order valence-electron chi connectivity index (χ2n) is 7.00. The molecule has 7 heteroatoms. The van der Waals surface area contributed by atoms with Crippen LogP contribution >= 0.6 is 11.8 Å². The van der Waals surface area contributed by atoms with Crippen LogP contribution in [0.5, 0.6) is 0 Å². The van der Waals surface area contributed by atoms with Gasteiger partial charge in [0.2, 0.25) is 5.91 Å². The number of thioether (sulfide) groups is 1. The van der Waals surface area contributed by atoms with Crippen LogP contribution in [0, 0.1) is 0 Å². The van der Waals surface area contributed by atoms with E-state index >= 15 is 0 Å². The van der Waals surface area contributed by atoms with Crippen LogP contribution in [0.15, 0.2) is 0 Å². The van der Waals surface area contributed by atoms with E-state index < -0.39 is 0 Å². The minimum absolute atomic E-state index is 0.0235. The van der Waals surface area contributed by atoms with Gasteiger partial charge >= 0.3 is 6.03 Å². The zero-order chi connectivity index (χ0) is 16.4. The van der Waals surface area contributed by atoms with Gasteiger partial charge in [-0.2, -0.15) is 11.8 Å². The summed E-state index contributed by atoms with van der Waals surface area (Å²) in [4.78, 5) is 30.7. The summed E-state index contributed by atoms with van der Waals surface area (Å²) in [6.45, 7) is 4.37. The van der Waals surface area contributed by atoms with E-state index in [9.17, 15) is 9.59 Å². The molecule has 3 rings (SSSR count). The maximum atomic E-state index is 12.6. The highest BCUT2D eigenvalue weighted by molar-refractivity contribution is 8.00. The number of piperazine rings is 1. The van der Waals surface area contributed by atoms with Gasteiger partial charge in [0.25, 0.3) is 0 Å². The topological polar surface area (TPSA) is 55.9 Å². The molecule has 0 spiro atoms. The Bertz CT molecular complexity index is 461. The Morgan fingerprint density at radius 1 is 1.13 bits per heavy atom. The Labute approximate surface area is 142 Å². The van der Waals surface area contributed by atoms with Gasteiger partial charge in [0.1, 0.15) is 0 Å². The normalized spacial score (nSPS) is 27.1. The van der Waals surface area contributed by atoms with Crippen LogP contribution in [0.3, 0.4) is 0 Å². The molecule has 130 valence electrons. The molecule has 3 fully saturated rings. The first-order chi connectivity index (χ1) is 11.0. The zero-order valence-corrected chi connectivity index (χ0v) is 15.0. The van der Waals surface area contributed by atoms with E-state index in [-0.39, 0.29) is 18.0 Å². The van der Waals surface area contributed by atoms with Crippen LogP contribution in [0.2, 0.25) is 0 Å². The van der Waals surface area contributed by atoms with Crippen molar-refractivity contribution in [1.82, 2.24) is 20.0 Å². The van der Waals surface area contributed by atoms with Gasteiger partial charge in [0.15, 0.2) is 0 Å². The number of nitrogens with zero attached hydrogens (tertiary/aromatic N) is 3. The SMILES string of the molecule is CSC1(CNC(=O)N2CCN(C(=O)[C@@H]3CCCN3C)CC2)CC1. The number of carbonyl (C=O) groups excluding carboxylic acids is 2. The lowest BCUT2D eigenvalue weighted by molar-refractivity contribution is -0.137. The Balaban J connectivity index is 1.42. The smallest absolute Gasteiger partial charge is 0.317 e. The fourth-order valence-electron chi connectivity index (χ4n) is 3.50. The average Bonchev–Trinajstić information content (AvgIpc) is 3.25. The van der Waals surface area contributed by atoms with Crippen molar-refractivity contribution in [2.75, 3.05) is 52.6 Å². The summed E-state index contributed by atoms with van der Waals surface area (Å²) in [6.07, 6.45) is 6.58. The van der Waals surface area contributed by atoms with Crippen molar-refractivity contribution in [2.45, 2.75) is 36.5 Å². The molecule has 0 aromatic heterocycles. The van der Waals surface area contributed by atoms with Crippen molar-refractivity contribution < 1.29 is 9.59 Å². The van der Waals surface area contributed by atoms with E-state index in [1.807, 2.05) is 28.6 Å². The van der Waals surface area contributed by atoms with Gasteiger partial charge in [-0.05, 0) is 45.5 Å². The zero-order valence-electron chi connectivity index (χ0n) is 14.2. The van der Waals surface area contributed by atoms with E-state index in [2.05, 4.69) is 16.5 Å². The van der Waals surface area contributed by atoms with Crippen molar-refractivity contribution >= 4 is 23.7 Å². The lowest BCUT2D eigenvalue weighted by Crippen LogP contribution is -2.56. The number of rotatable bonds is 4. The molecule has 0 unspecified atom stereocenters. The molecule has 1 N–H and O–H groups in total. The Morgan fingerprint density at radius 2 is 1.78 bits per heavy atom. The van der Waals surface area contributed by atoms with Crippen LogP contribution in [0.1, 0.15) is 25.7 Å². The molecule has 2 heterocycles. The van der Waals surface area contributed by atoms with Crippen molar-refractivity contribution in [3.8, 4) is 0 Å². The molecule has 0 radical (unpaired) electrons. The molecule has 0 aromatic carbocycles. The lowest BCUT2D eigenvalue weighted by atomic mass is 10.2. The van der Waals surface area contributed by atoms with Crippen molar-refractivity contribution in [3.05, 3.63) is 0 Å². The number of hydrogen-bond acceptors (Lipinski definition) is 4. The van der Waals surface area contributed by atoms with E-state index in [1.165, 1.54) is 12.8 Å².